The fourth-order valence-electron chi connectivity index (χ4n) is 5.36. The van der Waals surface area contributed by atoms with Crippen LogP contribution >= 0.6 is 0 Å². The fourth-order valence-corrected chi connectivity index (χ4v) is 5.36. The van der Waals surface area contributed by atoms with Gasteiger partial charge >= 0.3 is 5.97 Å². The maximum absolute atomic E-state index is 12.6. The second kappa shape index (κ2) is 35.1. The SMILES string of the molecule is CCCCCCC=CCCCCCCCCCC(=O)OC(CCCCCCCCC)CC(=O)NCCCNCCCCN. The van der Waals surface area contributed by atoms with Gasteiger partial charge in [0.2, 0.25) is 5.91 Å². The molecule has 6 nitrogen and oxygen atoms in total. The van der Waals surface area contributed by atoms with E-state index in [1.807, 2.05) is 0 Å². The Labute approximate surface area is 267 Å². The van der Waals surface area contributed by atoms with Crippen LogP contribution in [0.3, 0.4) is 0 Å². The van der Waals surface area contributed by atoms with Gasteiger partial charge in [-0.1, -0.05) is 116 Å². The summed E-state index contributed by atoms with van der Waals surface area (Å²) in [6.07, 6.45) is 33.6. The number of carbonyl (C=O) groups is 2. The van der Waals surface area contributed by atoms with E-state index < -0.39 is 0 Å². The minimum atomic E-state index is -0.303. The molecule has 0 saturated carbocycles. The predicted octanol–water partition coefficient (Wildman–Crippen LogP) is 9.30. The maximum atomic E-state index is 12.6. The van der Waals surface area contributed by atoms with Crippen LogP contribution in [0.1, 0.15) is 181 Å². The Kier molecular flexibility index (Phi) is 33.9. The Morgan fingerprint density at radius 2 is 1.16 bits per heavy atom. The zero-order valence-corrected chi connectivity index (χ0v) is 28.7. The third kappa shape index (κ3) is 33.3. The van der Waals surface area contributed by atoms with Gasteiger partial charge < -0.3 is 21.1 Å². The van der Waals surface area contributed by atoms with Crippen LogP contribution < -0.4 is 16.4 Å². The van der Waals surface area contributed by atoms with Crippen molar-refractivity contribution in [2.75, 3.05) is 26.2 Å². The summed E-state index contributed by atoms with van der Waals surface area (Å²) in [7, 11) is 0. The molecule has 0 fully saturated rings. The lowest BCUT2D eigenvalue weighted by molar-refractivity contribution is -0.151. The number of hydrogen-bond acceptors (Lipinski definition) is 5. The van der Waals surface area contributed by atoms with Gasteiger partial charge in [-0.05, 0) is 83.8 Å². The van der Waals surface area contributed by atoms with E-state index in [2.05, 4.69) is 36.6 Å². The summed E-state index contributed by atoms with van der Waals surface area (Å²) < 4.78 is 5.84. The lowest BCUT2D eigenvalue weighted by Crippen LogP contribution is -2.32. The monoisotopic (exact) mass is 608 g/mol. The maximum Gasteiger partial charge on any atom is 0.306 e. The minimum absolute atomic E-state index is 0.00802. The molecule has 0 rings (SSSR count). The van der Waals surface area contributed by atoms with Crippen LogP contribution in [0.15, 0.2) is 12.2 Å². The summed E-state index contributed by atoms with van der Waals surface area (Å²) in [4.78, 5) is 25.2. The van der Waals surface area contributed by atoms with Crippen LogP contribution in [0.25, 0.3) is 0 Å². The van der Waals surface area contributed by atoms with Crippen molar-refractivity contribution < 1.29 is 14.3 Å². The summed E-state index contributed by atoms with van der Waals surface area (Å²) in [6, 6.07) is 0. The second-order valence-corrected chi connectivity index (χ2v) is 12.5. The molecule has 0 heterocycles. The molecule has 43 heavy (non-hydrogen) atoms. The molecule has 1 amide bonds. The van der Waals surface area contributed by atoms with Gasteiger partial charge in [0.15, 0.2) is 0 Å². The summed E-state index contributed by atoms with van der Waals surface area (Å²) in [6.45, 7) is 7.74. The zero-order chi connectivity index (χ0) is 31.5. The van der Waals surface area contributed by atoms with E-state index in [4.69, 9.17) is 10.5 Å². The Hall–Kier alpha value is -1.40. The number of amides is 1. The number of nitrogens with two attached hydrogens (primary N) is 1. The van der Waals surface area contributed by atoms with Crippen molar-refractivity contribution in [3.05, 3.63) is 12.2 Å². The number of nitrogens with one attached hydrogen (secondary N) is 2. The number of carbonyl (C=O) groups excluding carboxylic acids is 2. The molecule has 1 atom stereocenters. The van der Waals surface area contributed by atoms with Crippen LogP contribution in [0.2, 0.25) is 0 Å². The Balaban J connectivity index is 4.09. The van der Waals surface area contributed by atoms with E-state index in [-0.39, 0.29) is 24.4 Å². The first-order valence-electron chi connectivity index (χ1n) is 18.7. The highest BCUT2D eigenvalue weighted by Gasteiger charge is 2.18. The lowest BCUT2D eigenvalue weighted by atomic mass is 10.0. The molecule has 1 unspecified atom stereocenters. The second-order valence-electron chi connectivity index (χ2n) is 12.5. The normalized spacial score (nSPS) is 12.2. The van der Waals surface area contributed by atoms with E-state index >= 15 is 0 Å². The van der Waals surface area contributed by atoms with Crippen molar-refractivity contribution in [2.24, 2.45) is 5.73 Å². The number of hydrogen-bond donors (Lipinski definition) is 3. The Bertz CT molecular complexity index is 626. The molecule has 0 aliphatic heterocycles. The van der Waals surface area contributed by atoms with Crippen molar-refractivity contribution in [1.29, 1.82) is 0 Å². The van der Waals surface area contributed by atoms with Gasteiger partial charge in [-0.2, -0.15) is 0 Å². The van der Waals surface area contributed by atoms with Gasteiger partial charge in [0.25, 0.3) is 0 Å². The average molecular weight is 608 g/mol. The molecule has 0 aromatic rings. The van der Waals surface area contributed by atoms with E-state index in [1.165, 1.54) is 103 Å². The Morgan fingerprint density at radius 3 is 1.79 bits per heavy atom. The number of unbranched alkanes of at least 4 members (excludes halogenated alkanes) is 18. The van der Waals surface area contributed by atoms with Gasteiger partial charge in [0.05, 0.1) is 6.42 Å². The van der Waals surface area contributed by atoms with Gasteiger partial charge in [-0.15, -0.1) is 0 Å². The smallest absolute Gasteiger partial charge is 0.306 e. The van der Waals surface area contributed by atoms with Crippen molar-refractivity contribution in [3.63, 3.8) is 0 Å². The van der Waals surface area contributed by atoms with Gasteiger partial charge in [-0.3, -0.25) is 9.59 Å². The van der Waals surface area contributed by atoms with Crippen LogP contribution in [0.4, 0.5) is 0 Å². The Morgan fingerprint density at radius 1 is 0.628 bits per heavy atom. The van der Waals surface area contributed by atoms with Gasteiger partial charge in [-0.25, -0.2) is 0 Å². The van der Waals surface area contributed by atoms with Crippen molar-refractivity contribution in [1.82, 2.24) is 10.6 Å². The molecule has 0 aliphatic rings. The molecular formula is C37H73N3O3. The number of rotatable bonds is 34. The molecule has 0 aromatic carbocycles. The quantitative estimate of drug-likeness (QED) is 0.0385. The highest BCUT2D eigenvalue weighted by Crippen LogP contribution is 2.16. The van der Waals surface area contributed by atoms with Gasteiger partial charge in [0.1, 0.15) is 6.10 Å². The van der Waals surface area contributed by atoms with Crippen LogP contribution in [0.5, 0.6) is 0 Å². The first-order valence-corrected chi connectivity index (χ1v) is 18.7. The number of esters is 1. The highest BCUT2D eigenvalue weighted by molar-refractivity contribution is 5.77. The molecule has 4 N–H and O–H groups in total. The predicted molar refractivity (Wildman–Crippen MR) is 185 cm³/mol. The molecule has 0 radical (unpaired) electrons. The number of ether oxygens (including phenoxy) is 1. The summed E-state index contributed by atoms with van der Waals surface area (Å²) in [5, 5.41) is 6.41. The van der Waals surface area contributed by atoms with Crippen molar-refractivity contribution >= 4 is 11.9 Å². The molecule has 0 bridgehead atoms. The van der Waals surface area contributed by atoms with E-state index in [9.17, 15) is 9.59 Å². The molecule has 6 heteroatoms. The molecule has 0 aliphatic carbocycles. The molecule has 0 aromatic heterocycles. The summed E-state index contributed by atoms with van der Waals surface area (Å²) in [5.74, 6) is -0.143. The minimum Gasteiger partial charge on any atom is -0.462 e. The van der Waals surface area contributed by atoms with Crippen LogP contribution in [0, 0.1) is 0 Å². The molecule has 0 spiro atoms. The average Bonchev–Trinajstić information content (AvgIpc) is 2.99. The van der Waals surface area contributed by atoms with Crippen LogP contribution in [-0.2, 0) is 14.3 Å². The zero-order valence-electron chi connectivity index (χ0n) is 28.7. The summed E-state index contributed by atoms with van der Waals surface area (Å²) >= 11 is 0. The summed E-state index contributed by atoms with van der Waals surface area (Å²) in [5.41, 5.74) is 5.52. The van der Waals surface area contributed by atoms with Crippen LogP contribution in [-0.4, -0.2) is 44.2 Å². The third-order valence-electron chi connectivity index (χ3n) is 8.14. The highest BCUT2D eigenvalue weighted by atomic mass is 16.5. The molecular weight excluding hydrogens is 534 g/mol. The largest absolute Gasteiger partial charge is 0.462 e. The first kappa shape index (κ1) is 41.6. The van der Waals surface area contributed by atoms with E-state index in [0.29, 0.717) is 13.0 Å². The fraction of sp³-hybridized carbons (Fsp3) is 0.892. The molecule has 0 saturated heterocycles. The third-order valence-corrected chi connectivity index (χ3v) is 8.14. The van der Waals surface area contributed by atoms with E-state index in [1.54, 1.807) is 0 Å². The topological polar surface area (TPSA) is 93.5 Å². The van der Waals surface area contributed by atoms with Crippen molar-refractivity contribution in [2.45, 2.75) is 187 Å². The first-order chi connectivity index (χ1) is 21.1. The van der Waals surface area contributed by atoms with Gasteiger partial charge in [0, 0.05) is 13.0 Å². The molecule has 254 valence electrons. The number of allylic oxidation sites excluding steroid dienone is 2. The standard InChI is InChI=1S/C37H73N3O3/c1-3-5-7-9-11-12-13-14-15-16-17-18-20-22-24-29-37(42)43-35(28-23-21-19-10-8-6-4-2)34-36(41)40-33-27-32-39-31-26-25-30-38/h12-13,35,39H,3-11,14-34,38H2,1-2H3,(H,40,41). The van der Waals surface area contributed by atoms with E-state index in [0.717, 1.165) is 71.0 Å². The lowest BCUT2D eigenvalue weighted by Gasteiger charge is -2.18. The van der Waals surface area contributed by atoms with Crippen molar-refractivity contribution in [3.8, 4) is 0 Å².